The monoisotopic (exact) mass is 370 g/mol. The molecule has 0 unspecified atom stereocenters. The summed E-state index contributed by atoms with van der Waals surface area (Å²) in [6, 6.07) is 18.9. The lowest BCUT2D eigenvalue weighted by molar-refractivity contribution is 0.290. The molecule has 6 heteroatoms. The molecule has 0 aliphatic rings. The second-order valence-electron chi connectivity index (χ2n) is 5.73. The molecule has 0 saturated carbocycles. The standard InChI is InChI=1S/C20H18O5S/c21-19-13-17(11-12-26(22,23)18-9-5-2-6-10-18)24-15-20(19)25-14-16-7-3-1-4-8-16/h1-10,13,15H,11-12,14H2. The molecule has 1 aromatic heterocycles. The van der Waals surface area contributed by atoms with Crippen LogP contribution in [0.25, 0.3) is 0 Å². The highest BCUT2D eigenvalue weighted by molar-refractivity contribution is 7.91. The molecule has 0 fully saturated rings. The zero-order chi connectivity index (χ0) is 18.4. The second-order valence-corrected chi connectivity index (χ2v) is 7.84. The Balaban J connectivity index is 1.63. The van der Waals surface area contributed by atoms with E-state index in [0.717, 1.165) is 5.56 Å². The fourth-order valence-electron chi connectivity index (χ4n) is 2.39. The van der Waals surface area contributed by atoms with Gasteiger partial charge in [0.2, 0.25) is 11.2 Å². The highest BCUT2D eigenvalue weighted by Gasteiger charge is 2.15. The van der Waals surface area contributed by atoms with E-state index in [9.17, 15) is 13.2 Å². The predicted molar refractivity (Wildman–Crippen MR) is 98.0 cm³/mol. The lowest BCUT2D eigenvalue weighted by atomic mass is 10.2. The van der Waals surface area contributed by atoms with Crippen molar-refractivity contribution in [3.8, 4) is 5.75 Å². The number of hydrogen-bond donors (Lipinski definition) is 0. The number of rotatable bonds is 7. The van der Waals surface area contributed by atoms with Gasteiger partial charge < -0.3 is 9.15 Å². The van der Waals surface area contributed by atoms with Crippen molar-refractivity contribution in [2.24, 2.45) is 0 Å². The third-order valence-electron chi connectivity index (χ3n) is 3.81. The lowest BCUT2D eigenvalue weighted by Gasteiger charge is -2.07. The molecule has 0 saturated heterocycles. The van der Waals surface area contributed by atoms with Crippen LogP contribution in [-0.2, 0) is 22.9 Å². The Bertz CT molecular complexity index is 1010. The van der Waals surface area contributed by atoms with E-state index < -0.39 is 9.84 Å². The number of sulfone groups is 1. The van der Waals surface area contributed by atoms with Gasteiger partial charge in [0.05, 0.1) is 10.6 Å². The van der Waals surface area contributed by atoms with Gasteiger partial charge in [0.15, 0.2) is 9.84 Å². The molecule has 3 rings (SSSR count). The van der Waals surface area contributed by atoms with Gasteiger partial charge in [0, 0.05) is 12.5 Å². The fourth-order valence-corrected chi connectivity index (χ4v) is 3.67. The van der Waals surface area contributed by atoms with Gasteiger partial charge in [-0.15, -0.1) is 0 Å². The third-order valence-corrected chi connectivity index (χ3v) is 5.54. The molecule has 0 radical (unpaired) electrons. The first-order valence-electron chi connectivity index (χ1n) is 8.11. The lowest BCUT2D eigenvalue weighted by Crippen LogP contribution is -2.12. The summed E-state index contributed by atoms with van der Waals surface area (Å²) in [6.07, 6.45) is 1.35. The van der Waals surface area contributed by atoms with E-state index in [-0.39, 0.29) is 34.9 Å². The van der Waals surface area contributed by atoms with Crippen molar-refractivity contribution in [3.63, 3.8) is 0 Å². The van der Waals surface area contributed by atoms with Crippen LogP contribution >= 0.6 is 0 Å². The maximum absolute atomic E-state index is 12.3. The molecular formula is C20H18O5S. The van der Waals surface area contributed by atoms with Gasteiger partial charge in [0.1, 0.15) is 18.6 Å². The maximum Gasteiger partial charge on any atom is 0.226 e. The molecule has 0 aliphatic carbocycles. The van der Waals surface area contributed by atoms with Crippen molar-refractivity contribution in [2.45, 2.75) is 17.9 Å². The van der Waals surface area contributed by atoms with E-state index in [4.69, 9.17) is 9.15 Å². The van der Waals surface area contributed by atoms with E-state index in [1.807, 2.05) is 30.3 Å². The molecule has 0 amide bonds. The van der Waals surface area contributed by atoms with Crippen molar-refractivity contribution in [1.29, 1.82) is 0 Å². The Hall–Kier alpha value is -2.86. The molecule has 2 aromatic carbocycles. The molecule has 0 atom stereocenters. The molecule has 0 bridgehead atoms. The normalized spacial score (nSPS) is 11.2. The van der Waals surface area contributed by atoms with Gasteiger partial charge in [0.25, 0.3) is 0 Å². The first-order chi connectivity index (χ1) is 12.5. The first-order valence-corrected chi connectivity index (χ1v) is 9.76. The van der Waals surface area contributed by atoms with Crippen LogP contribution in [0, 0.1) is 0 Å². The molecule has 26 heavy (non-hydrogen) atoms. The Morgan fingerprint density at radius 1 is 0.923 bits per heavy atom. The van der Waals surface area contributed by atoms with Gasteiger partial charge in [-0.05, 0) is 17.7 Å². The summed E-state index contributed by atoms with van der Waals surface area (Å²) in [4.78, 5) is 12.4. The quantitative estimate of drug-likeness (QED) is 0.638. The van der Waals surface area contributed by atoms with E-state index in [1.54, 1.807) is 30.3 Å². The van der Waals surface area contributed by atoms with Crippen molar-refractivity contribution >= 4 is 9.84 Å². The summed E-state index contributed by atoms with van der Waals surface area (Å²) in [5, 5.41) is 0. The van der Waals surface area contributed by atoms with Crippen molar-refractivity contribution in [1.82, 2.24) is 0 Å². The maximum atomic E-state index is 12.3. The Morgan fingerprint density at radius 2 is 1.58 bits per heavy atom. The van der Waals surface area contributed by atoms with Gasteiger partial charge in [-0.3, -0.25) is 4.79 Å². The molecule has 0 N–H and O–H groups in total. The first kappa shape index (κ1) is 17.9. The summed E-state index contributed by atoms with van der Waals surface area (Å²) < 4.78 is 35.4. The van der Waals surface area contributed by atoms with Gasteiger partial charge in [-0.2, -0.15) is 0 Å². The minimum absolute atomic E-state index is 0.100. The Kier molecular flexibility index (Phi) is 5.53. The van der Waals surface area contributed by atoms with Crippen molar-refractivity contribution in [2.75, 3.05) is 5.75 Å². The van der Waals surface area contributed by atoms with Crippen LogP contribution in [-0.4, -0.2) is 14.2 Å². The summed E-state index contributed by atoms with van der Waals surface area (Å²) in [5.41, 5.74) is 0.601. The zero-order valence-corrected chi connectivity index (χ0v) is 14.8. The molecule has 5 nitrogen and oxygen atoms in total. The molecule has 0 spiro atoms. The van der Waals surface area contributed by atoms with Crippen LogP contribution in [0.5, 0.6) is 5.75 Å². The summed E-state index contributed by atoms with van der Waals surface area (Å²) in [7, 11) is -3.42. The molecule has 3 aromatic rings. The molecule has 134 valence electrons. The van der Waals surface area contributed by atoms with Crippen LogP contribution < -0.4 is 10.2 Å². The van der Waals surface area contributed by atoms with Crippen molar-refractivity contribution < 1.29 is 17.6 Å². The molecule has 0 aliphatic heterocycles. The Labute approximate surface area is 151 Å². The number of benzene rings is 2. The van der Waals surface area contributed by atoms with Crippen LogP contribution in [0.1, 0.15) is 11.3 Å². The Morgan fingerprint density at radius 3 is 2.23 bits per heavy atom. The minimum Gasteiger partial charge on any atom is -0.482 e. The van der Waals surface area contributed by atoms with Crippen LogP contribution in [0.15, 0.2) is 87.1 Å². The van der Waals surface area contributed by atoms with Crippen molar-refractivity contribution in [3.05, 3.63) is 94.5 Å². The fraction of sp³-hybridized carbons (Fsp3) is 0.150. The molecule has 1 heterocycles. The topological polar surface area (TPSA) is 73.6 Å². The summed E-state index contributed by atoms with van der Waals surface area (Å²) in [6.45, 7) is 0.257. The average molecular weight is 370 g/mol. The smallest absolute Gasteiger partial charge is 0.226 e. The van der Waals surface area contributed by atoms with Gasteiger partial charge in [-0.1, -0.05) is 48.5 Å². The van der Waals surface area contributed by atoms with Gasteiger partial charge in [-0.25, -0.2) is 8.42 Å². The van der Waals surface area contributed by atoms with Crippen LogP contribution in [0.4, 0.5) is 0 Å². The second kappa shape index (κ2) is 8.01. The number of aryl methyl sites for hydroxylation is 1. The van der Waals surface area contributed by atoms with Crippen LogP contribution in [0.2, 0.25) is 0 Å². The zero-order valence-electron chi connectivity index (χ0n) is 14.0. The van der Waals surface area contributed by atoms with E-state index >= 15 is 0 Å². The number of ether oxygens (including phenoxy) is 1. The summed E-state index contributed by atoms with van der Waals surface area (Å²) >= 11 is 0. The highest BCUT2D eigenvalue weighted by atomic mass is 32.2. The predicted octanol–water partition coefficient (Wildman–Crippen LogP) is 3.24. The van der Waals surface area contributed by atoms with E-state index in [2.05, 4.69) is 0 Å². The SMILES string of the molecule is O=c1cc(CCS(=O)(=O)c2ccccc2)occ1OCc1ccccc1. The largest absolute Gasteiger partial charge is 0.482 e. The minimum atomic E-state index is -3.42. The van der Waals surface area contributed by atoms with E-state index in [0.29, 0.717) is 5.76 Å². The third kappa shape index (κ3) is 4.61. The average Bonchev–Trinajstić information content (AvgIpc) is 2.67. The van der Waals surface area contributed by atoms with E-state index in [1.165, 1.54) is 12.3 Å². The van der Waals surface area contributed by atoms with Crippen LogP contribution in [0.3, 0.4) is 0 Å². The molecular weight excluding hydrogens is 352 g/mol. The van der Waals surface area contributed by atoms with Gasteiger partial charge >= 0.3 is 0 Å². The summed E-state index contributed by atoms with van der Waals surface area (Å²) in [5.74, 6) is 0.273. The highest BCUT2D eigenvalue weighted by Crippen LogP contribution is 2.14. The number of hydrogen-bond acceptors (Lipinski definition) is 5.